The second-order valence-corrected chi connectivity index (χ2v) is 4.28. The molecule has 1 aliphatic heterocycles. The minimum atomic E-state index is -4.04. The van der Waals surface area contributed by atoms with E-state index in [0.29, 0.717) is 24.9 Å². The first-order chi connectivity index (χ1) is 6.42. The van der Waals surface area contributed by atoms with Crippen molar-refractivity contribution in [2.24, 2.45) is 11.8 Å². The largest absolute Gasteiger partial charge is 0.401 e. The van der Waals surface area contributed by atoms with Crippen LogP contribution in [0.15, 0.2) is 0 Å². The molecule has 0 aliphatic carbocycles. The van der Waals surface area contributed by atoms with Crippen LogP contribution in [-0.4, -0.2) is 30.7 Å². The molecule has 0 bridgehead atoms. The summed E-state index contributed by atoms with van der Waals surface area (Å²) in [5.41, 5.74) is 0. The molecule has 0 radical (unpaired) electrons. The molecule has 1 heterocycles. The zero-order chi connectivity index (χ0) is 10.8. The standard InChI is InChI=1S/C10H18F3N/c1-3-8(2)9-4-5-14(6-9)7-10(11,12)13/h8-9H,3-7H2,1-2H3. The molecule has 2 unspecified atom stereocenters. The van der Waals surface area contributed by atoms with Crippen molar-refractivity contribution in [1.82, 2.24) is 4.90 Å². The van der Waals surface area contributed by atoms with Gasteiger partial charge < -0.3 is 0 Å². The highest BCUT2D eigenvalue weighted by Gasteiger charge is 2.35. The summed E-state index contributed by atoms with van der Waals surface area (Å²) in [7, 11) is 0. The van der Waals surface area contributed by atoms with Crippen LogP contribution in [0.3, 0.4) is 0 Å². The molecule has 1 aliphatic rings. The number of likely N-dealkylation sites (tertiary alicyclic amines) is 1. The van der Waals surface area contributed by atoms with Crippen molar-refractivity contribution in [1.29, 1.82) is 0 Å². The van der Waals surface area contributed by atoms with Gasteiger partial charge in [0.15, 0.2) is 0 Å². The Morgan fingerprint density at radius 2 is 2.07 bits per heavy atom. The Hall–Kier alpha value is -0.250. The predicted octanol–water partition coefficient (Wildman–Crippen LogP) is 2.92. The number of rotatable bonds is 3. The molecule has 0 aromatic carbocycles. The Morgan fingerprint density at radius 1 is 1.43 bits per heavy atom. The van der Waals surface area contributed by atoms with Crippen molar-refractivity contribution in [2.75, 3.05) is 19.6 Å². The highest BCUT2D eigenvalue weighted by Crippen LogP contribution is 2.28. The molecular formula is C10H18F3N. The molecule has 0 aromatic rings. The van der Waals surface area contributed by atoms with Crippen molar-refractivity contribution in [2.45, 2.75) is 32.9 Å². The Bertz CT molecular complexity index is 179. The van der Waals surface area contributed by atoms with Gasteiger partial charge in [0.2, 0.25) is 0 Å². The lowest BCUT2D eigenvalue weighted by Crippen LogP contribution is -2.32. The van der Waals surface area contributed by atoms with Crippen LogP contribution in [0.2, 0.25) is 0 Å². The summed E-state index contributed by atoms with van der Waals surface area (Å²) in [6.07, 6.45) is -2.06. The SMILES string of the molecule is CCC(C)C1CCN(CC(F)(F)F)C1. The molecule has 1 rings (SSSR count). The number of hydrogen-bond donors (Lipinski definition) is 0. The normalized spacial score (nSPS) is 26.8. The predicted molar refractivity (Wildman–Crippen MR) is 50.1 cm³/mol. The first-order valence-corrected chi connectivity index (χ1v) is 5.21. The van der Waals surface area contributed by atoms with E-state index in [2.05, 4.69) is 13.8 Å². The smallest absolute Gasteiger partial charge is 0.295 e. The maximum Gasteiger partial charge on any atom is 0.401 e. The molecule has 0 saturated carbocycles. The number of alkyl halides is 3. The highest BCUT2D eigenvalue weighted by atomic mass is 19.4. The van der Waals surface area contributed by atoms with Crippen LogP contribution < -0.4 is 0 Å². The van der Waals surface area contributed by atoms with E-state index >= 15 is 0 Å². The van der Waals surface area contributed by atoms with Gasteiger partial charge in [-0.15, -0.1) is 0 Å². The van der Waals surface area contributed by atoms with Gasteiger partial charge in [0, 0.05) is 6.54 Å². The second-order valence-electron chi connectivity index (χ2n) is 4.28. The van der Waals surface area contributed by atoms with Crippen molar-refractivity contribution in [3.05, 3.63) is 0 Å². The summed E-state index contributed by atoms with van der Waals surface area (Å²) in [6, 6.07) is 0. The summed E-state index contributed by atoms with van der Waals surface area (Å²) in [6.45, 7) is 4.71. The third-order valence-electron chi connectivity index (χ3n) is 3.16. The summed E-state index contributed by atoms with van der Waals surface area (Å²) < 4.78 is 36.2. The quantitative estimate of drug-likeness (QED) is 0.690. The van der Waals surface area contributed by atoms with Crippen LogP contribution in [0.25, 0.3) is 0 Å². The van der Waals surface area contributed by atoms with E-state index < -0.39 is 12.7 Å². The fourth-order valence-electron chi connectivity index (χ4n) is 2.06. The van der Waals surface area contributed by atoms with Gasteiger partial charge in [-0.05, 0) is 24.8 Å². The van der Waals surface area contributed by atoms with Crippen LogP contribution in [0, 0.1) is 11.8 Å². The third kappa shape index (κ3) is 3.48. The van der Waals surface area contributed by atoms with Crippen molar-refractivity contribution < 1.29 is 13.2 Å². The van der Waals surface area contributed by atoms with Gasteiger partial charge in [0.05, 0.1) is 6.54 Å². The van der Waals surface area contributed by atoms with Gasteiger partial charge in [-0.25, -0.2) is 0 Å². The minimum Gasteiger partial charge on any atom is -0.295 e. The molecular weight excluding hydrogens is 191 g/mol. The molecule has 0 amide bonds. The second kappa shape index (κ2) is 4.51. The highest BCUT2D eigenvalue weighted by molar-refractivity contribution is 4.79. The molecule has 84 valence electrons. The van der Waals surface area contributed by atoms with E-state index in [1.54, 1.807) is 0 Å². The number of hydrogen-bond acceptors (Lipinski definition) is 1. The topological polar surface area (TPSA) is 3.24 Å². The van der Waals surface area contributed by atoms with Crippen LogP contribution in [0.1, 0.15) is 26.7 Å². The lowest BCUT2D eigenvalue weighted by molar-refractivity contribution is -0.143. The van der Waals surface area contributed by atoms with Gasteiger partial charge in [0.25, 0.3) is 0 Å². The van der Waals surface area contributed by atoms with Gasteiger partial charge in [0.1, 0.15) is 0 Å². The average Bonchev–Trinajstić information content (AvgIpc) is 2.48. The zero-order valence-electron chi connectivity index (χ0n) is 8.77. The van der Waals surface area contributed by atoms with Crippen LogP contribution in [0.5, 0.6) is 0 Å². The van der Waals surface area contributed by atoms with E-state index in [1.165, 1.54) is 4.90 Å². The first kappa shape index (κ1) is 11.8. The summed E-state index contributed by atoms with van der Waals surface area (Å²) in [5.74, 6) is 1.01. The number of nitrogens with zero attached hydrogens (tertiary/aromatic N) is 1. The van der Waals surface area contributed by atoms with Gasteiger partial charge in [-0.3, -0.25) is 4.90 Å². The van der Waals surface area contributed by atoms with Crippen LogP contribution in [0.4, 0.5) is 13.2 Å². The van der Waals surface area contributed by atoms with Crippen molar-refractivity contribution >= 4 is 0 Å². The average molecular weight is 209 g/mol. The Labute approximate surface area is 83.3 Å². The fourth-order valence-corrected chi connectivity index (χ4v) is 2.06. The van der Waals surface area contributed by atoms with Crippen molar-refractivity contribution in [3.8, 4) is 0 Å². The maximum atomic E-state index is 12.1. The lowest BCUT2D eigenvalue weighted by atomic mass is 9.91. The molecule has 0 aromatic heterocycles. The summed E-state index contributed by atoms with van der Waals surface area (Å²) >= 11 is 0. The van der Waals surface area contributed by atoms with Crippen LogP contribution in [-0.2, 0) is 0 Å². The van der Waals surface area contributed by atoms with Crippen LogP contribution >= 0.6 is 0 Å². The van der Waals surface area contributed by atoms with Gasteiger partial charge >= 0.3 is 6.18 Å². The van der Waals surface area contributed by atoms with Gasteiger partial charge in [-0.1, -0.05) is 20.3 Å². The van der Waals surface area contributed by atoms with E-state index in [-0.39, 0.29) is 0 Å². The Morgan fingerprint density at radius 3 is 2.57 bits per heavy atom. The lowest BCUT2D eigenvalue weighted by Gasteiger charge is -2.20. The molecule has 0 spiro atoms. The molecule has 0 N–H and O–H groups in total. The van der Waals surface area contributed by atoms with E-state index in [4.69, 9.17) is 0 Å². The third-order valence-corrected chi connectivity index (χ3v) is 3.16. The molecule has 4 heteroatoms. The number of halogens is 3. The monoisotopic (exact) mass is 209 g/mol. The molecule has 2 atom stereocenters. The first-order valence-electron chi connectivity index (χ1n) is 5.21. The van der Waals surface area contributed by atoms with E-state index in [9.17, 15) is 13.2 Å². The molecule has 1 fully saturated rings. The van der Waals surface area contributed by atoms with E-state index in [0.717, 1.165) is 12.8 Å². The fraction of sp³-hybridized carbons (Fsp3) is 1.00. The summed E-state index contributed by atoms with van der Waals surface area (Å²) in [5, 5.41) is 0. The minimum absolute atomic E-state index is 0.461. The summed E-state index contributed by atoms with van der Waals surface area (Å²) in [4.78, 5) is 1.52. The molecule has 14 heavy (non-hydrogen) atoms. The van der Waals surface area contributed by atoms with Gasteiger partial charge in [-0.2, -0.15) is 13.2 Å². The Balaban J connectivity index is 2.34. The molecule has 1 saturated heterocycles. The van der Waals surface area contributed by atoms with Crippen molar-refractivity contribution in [3.63, 3.8) is 0 Å². The molecule has 1 nitrogen and oxygen atoms in total. The Kier molecular flexibility index (Phi) is 3.81. The maximum absolute atomic E-state index is 12.1. The van der Waals surface area contributed by atoms with E-state index in [1.807, 2.05) is 0 Å². The zero-order valence-corrected chi connectivity index (χ0v) is 8.77.